The minimum Gasteiger partial charge on any atom is -0.370 e. The van der Waals surface area contributed by atoms with E-state index in [-0.39, 0.29) is 0 Å². The molecule has 0 radical (unpaired) electrons. The van der Waals surface area contributed by atoms with Gasteiger partial charge < -0.3 is 11.1 Å². The van der Waals surface area contributed by atoms with E-state index in [1.54, 1.807) is 0 Å². The fourth-order valence-corrected chi connectivity index (χ4v) is 2.31. The highest BCUT2D eigenvalue weighted by molar-refractivity contribution is 9.10. The van der Waals surface area contributed by atoms with Crippen LogP contribution in [-0.2, 0) is 4.79 Å². The Morgan fingerprint density at radius 3 is 2.58 bits per heavy atom. The van der Waals surface area contributed by atoms with Gasteiger partial charge in [0.15, 0.2) is 0 Å². The van der Waals surface area contributed by atoms with Crippen LogP contribution in [0.15, 0.2) is 53.0 Å². The lowest BCUT2D eigenvalue weighted by Gasteiger charge is -2.17. The molecule has 0 aliphatic carbocycles. The lowest BCUT2D eigenvalue weighted by molar-refractivity contribution is -0.118. The van der Waals surface area contributed by atoms with Crippen molar-refractivity contribution in [1.82, 2.24) is 0 Å². The smallest absolute Gasteiger partial charge is 0.244 e. The highest BCUT2D eigenvalue weighted by Crippen LogP contribution is 2.22. The predicted octanol–water partition coefficient (Wildman–Crippen LogP) is 3.40. The number of benzene rings is 2. The molecule has 4 heteroatoms. The molecule has 0 bridgehead atoms. The molecule has 1 atom stereocenters. The molecule has 0 heterocycles. The number of halogens is 1. The molecule has 19 heavy (non-hydrogen) atoms. The molecule has 3 N–H and O–H groups in total. The van der Waals surface area contributed by atoms with Crippen LogP contribution in [0.25, 0.3) is 0 Å². The molecule has 1 unspecified atom stereocenters. The van der Waals surface area contributed by atoms with Crippen LogP contribution >= 0.6 is 15.9 Å². The zero-order valence-electron chi connectivity index (χ0n) is 10.6. The molecule has 0 aromatic heterocycles. The van der Waals surface area contributed by atoms with Gasteiger partial charge in [0.25, 0.3) is 0 Å². The van der Waals surface area contributed by atoms with Crippen LogP contribution in [0.1, 0.15) is 17.2 Å². The van der Waals surface area contributed by atoms with E-state index < -0.39 is 11.9 Å². The number of nitrogens with one attached hydrogen (secondary N) is 1. The summed E-state index contributed by atoms with van der Waals surface area (Å²) in [4.78, 5) is 11.6. The quantitative estimate of drug-likeness (QED) is 0.907. The van der Waals surface area contributed by atoms with Gasteiger partial charge in [0.05, 0.1) is 0 Å². The lowest BCUT2D eigenvalue weighted by atomic mass is 10.0. The van der Waals surface area contributed by atoms with Crippen molar-refractivity contribution in [3.8, 4) is 0 Å². The third-order valence-corrected chi connectivity index (χ3v) is 3.29. The van der Waals surface area contributed by atoms with Crippen LogP contribution < -0.4 is 11.1 Å². The zero-order valence-corrected chi connectivity index (χ0v) is 12.1. The Hall–Kier alpha value is -1.81. The number of aryl methyl sites for hydroxylation is 1. The number of hydrogen-bond acceptors (Lipinski definition) is 2. The first kappa shape index (κ1) is 13.6. The lowest BCUT2D eigenvalue weighted by Crippen LogP contribution is -2.27. The maximum atomic E-state index is 11.6. The second-order valence-electron chi connectivity index (χ2n) is 4.40. The van der Waals surface area contributed by atoms with E-state index in [0.717, 1.165) is 21.3 Å². The second kappa shape index (κ2) is 5.89. The largest absolute Gasteiger partial charge is 0.370 e. The van der Waals surface area contributed by atoms with Crippen molar-refractivity contribution >= 4 is 27.5 Å². The molecule has 0 saturated heterocycles. The number of carbonyl (C=O) groups excluding carboxylic acids is 1. The van der Waals surface area contributed by atoms with E-state index in [1.807, 2.05) is 55.5 Å². The average Bonchev–Trinajstić information content (AvgIpc) is 2.35. The summed E-state index contributed by atoms with van der Waals surface area (Å²) in [6, 6.07) is 14.9. The Bertz CT molecular complexity index is 598. The van der Waals surface area contributed by atoms with Crippen LogP contribution in [0.3, 0.4) is 0 Å². The molecule has 2 rings (SSSR count). The number of carbonyl (C=O) groups is 1. The SMILES string of the molecule is Cc1cccc(C(Nc2cccc(Br)c2)C(N)=O)c1. The van der Waals surface area contributed by atoms with Crippen LogP contribution in [-0.4, -0.2) is 5.91 Å². The van der Waals surface area contributed by atoms with Gasteiger partial charge in [-0.25, -0.2) is 0 Å². The summed E-state index contributed by atoms with van der Waals surface area (Å²) >= 11 is 3.40. The fourth-order valence-electron chi connectivity index (χ4n) is 1.91. The van der Waals surface area contributed by atoms with Crippen molar-refractivity contribution in [3.63, 3.8) is 0 Å². The number of amides is 1. The predicted molar refractivity (Wildman–Crippen MR) is 80.9 cm³/mol. The molecule has 98 valence electrons. The molecular weight excluding hydrogens is 304 g/mol. The van der Waals surface area contributed by atoms with E-state index in [4.69, 9.17) is 5.73 Å². The summed E-state index contributed by atoms with van der Waals surface area (Å²) in [5.41, 5.74) is 8.30. The van der Waals surface area contributed by atoms with E-state index in [0.29, 0.717) is 0 Å². The van der Waals surface area contributed by atoms with Crippen molar-refractivity contribution in [1.29, 1.82) is 0 Å². The molecule has 0 fully saturated rings. The first-order chi connectivity index (χ1) is 9.06. The third-order valence-electron chi connectivity index (χ3n) is 2.80. The van der Waals surface area contributed by atoms with Gasteiger partial charge in [0.2, 0.25) is 5.91 Å². The summed E-state index contributed by atoms with van der Waals surface area (Å²) in [5, 5.41) is 3.16. The highest BCUT2D eigenvalue weighted by atomic mass is 79.9. The molecule has 1 amide bonds. The fraction of sp³-hybridized carbons (Fsp3) is 0.133. The third kappa shape index (κ3) is 3.58. The number of primary amides is 1. The highest BCUT2D eigenvalue weighted by Gasteiger charge is 2.17. The minimum atomic E-state index is -0.533. The zero-order chi connectivity index (χ0) is 13.8. The summed E-state index contributed by atoms with van der Waals surface area (Å²) in [6.45, 7) is 1.99. The first-order valence-corrected chi connectivity index (χ1v) is 6.73. The Balaban J connectivity index is 2.29. The summed E-state index contributed by atoms with van der Waals surface area (Å²) < 4.78 is 0.949. The van der Waals surface area contributed by atoms with Crippen LogP contribution in [0.2, 0.25) is 0 Å². The normalized spacial score (nSPS) is 11.9. The maximum Gasteiger partial charge on any atom is 0.244 e. The molecular formula is C15H15BrN2O. The summed E-state index contributed by atoms with van der Waals surface area (Å²) in [5.74, 6) is -0.398. The maximum absolute atomic E-state index is 11.6. The van der Waals surface area contributed by atoms with Gasteiger partial charge in [-0.2, -0.15) is 0 Å². The van der Waals surface area contributed by atoms with E-state index in [9.17, 15) is 4.79 Å². The van der Waals surface area contributed by atoms with Gasteiger partial charge in [-0.15, -0.1) is 0 Å². The number of anilines is 1. The van der Waals surface area contributed by atoms with Crippen molar-refractivity contribution in [2.75, 3.05) is 5.32 Å². The first-order valence-electron chi connectivity index (χ1n) is 5.94. The van der Waals surface area contributed by atoms with Crippen LogP contribution in [0.4, 0.5) is 5.69 Å². The van der Waals surface area contributed by atoms with Crippen molar-refractivity contribution in [2.45, 2.75) is 13.0 Å². The Kier molecular flexibility index (Phi) is 4.22. The van der Waals surface area contributed by atoms with Gasteiger partial charge in [-0.05, 0) is 30.7 Å². The molecule has 2 aromatic rings. The number of rotatable bonds is 4. The van der Waals surface area contributed by atoms with Crippen LogP contribution in [0.5, 0.6) is 0 Å². The molecule has 2 aromatic carbocycles. The van der Waals surface area contributed by atoms with Crippen molar-refractivity contribution < 1.29 is 4.79 Å². The molecule has 0 spiro atoms. The molecule has 3 nitrogen and oxygen atoms in total. The van der Waals surface area contributed by atoms with Crippen molar-refractivity contribution in [2.24, 2.45) is 5.73 Å². The molecule has 0 aliphatic rings. The Morgan fingerprint density at radius 1 is 1.21 bits per heavy atom. The van der Waals surface area contributed by atoms with Gasteiger partial charge in [0.1, 0.15) is 6.04 Å². The topological polar surface area (TPSA) is 55.1 Å². The number of nitrogens with two attached hydrogens (primary N) is 1. The van der Waals surface area contributed by atoms with Crippen molar-refractivity contribution in [3.05, 3.63) is 64.1 Å². The monoisotopic (exact) mass is 318 g/mol. The Morgan fingerprint density at radius 2 is 1.95 bits per heavy atom. The van der Waals surface area contributed by atoms with E-state index in [2.05, 4.69) is 21.2 Å². The second-order valence-corrected chi connectivity index (χ2v) is 5.32. The average molecular weight is 319 g/mol. The molecule has 0 aliphatic heterocycles. The minimum absolute atomic E-state index is 0.398. The Labute approximate surface area is 121 Å². The van der Waals surface area contributed by atoms with E-state index >= 15 is 0 Å². The molecule has 0 saturated carbocycles. The number of hydrogen-bond donors (Lipinski definition) is 2. The summed E-state index contributed by atoms with van der Waals surface area (Å²) in [7, 11) is 0. The van der Waals surface area contributed by atoms with Gasteiger partial charge >= 0.3 is 0 Å². The summed E-state index contributed by atoms with van der Waals surface area (Å²) in [6.07, 6.45) is 0. The van der Waals surface area contributed by atoms with E-state index in [1.165, 1.54) is 0 Å². The standard InChI is InChI=1S/C15H15BrN2O/c1-10-4-2-5-11(8-10)14(15(17)19)18-13-7-3-6-12(16)9-13/h2-9,14,18H,1H3,(H2,17,19). The van der Waals surface area contributed by atoms with Gasteiger partial charge in [0, 0.05) is 10.2 Å². The van der Waals surface area contributed by atoms with Gasteiger partial charge in [-0.1, -0.05) is 51.8 Å². The van der Waals surface area contributed by atoms with Gasteiger partial charge in [-0.3, -0.25) is 4.79 Å². The van der Waals surface area contributed by atoms with Crippen LogP contribution in [0, 0.1) is 6.92 Å².